The van der Waals surface area contributed by atoms with Gasteiger partial charge in [-0.15, -0.1) is 0 Å². The van der Waals surface area contributed by atoms with E-state index < -0.39 is 0 Å². The Morgan fingerprint density at radius 1 is 1.60 bits per heavy atom. The SMILES string of the molecule is Nc1n[nH]c(C2CC2)c1Br. The van der Waals surface area contributed by atoms with Gasteiger partial charge >= 0.3 is 0 Å². The van der Waals surface area contributed by atoms with Crippen LogP contribution in [0.1, 0.15) is 24.5 Å². The molecule has 1 saturated carbocycles. The van der Waals surface area contributed by atoms with Crippen LogP contribution in [0.5, 0.6) is 0 Å². The molecule has 0 aromatic carbocycles. The average Bonchev–Trinajstić information content (AvgIpc) is 2.67. The second-order valence-electron chi connectivity index (χ2n) is 2.61. The van der Waals surface area contributed by atoms with Crippen LogP contribution in [0.25, 0.3) is 0 Å². The lowest BCUT2D eigenvalue weighted by molar-refractivity contribution is 0.964. The van der Waals surface area contributed by atoms with Crippen LogP contribution < -0.4 is 5.73 Å². The summed E-state index contributed by atoms with van der Waals surface area (Å²) in [7, 11) is 0. The maximum atomic E-state index is 5.52. The molecule has 54 valence electrons. The highest BCUT2D eigenvalue weighted by Crippen LogP contribution is 2.43. The molecule has 3 N–H and O–H groups in total. The molecule has 0 saturated heterocycles. The quantitative estimate of drug-likeness (QED) is 0.727. The zero-order chi connectivity index (χ0) is 7.14. The van der Waals surface area contributed by atoms with E-state index in [0.717, 1.165) is 10.2 Å². The largest absolute Gasteiger partial charge is 0.381 e. The summed E-state index contributed by atoms with van der Waals surface area (Å²) in [5.74, 6) is 1.25. The number of hydrogen-bond acceptors (Lipinski definition) is 2. The molecule has 0 bridgehead atoms. The van der Waals surface area contributed by atoms with Gasteiger partial charge in [0.05, 0.1) is 10.2 Å². The summed E-state index contributed by atoms with van der Waals surface area (Å²) in [5, 5.41) is 6.80. The van der Waals surface area contributed by atoms with E-state index in [0.29, 0.717) is 11.7 Å². The molecular formula is C6H8BrN3. The second kappa shape index (κ2) is 1.99. The number of hydrogen-bond donors (Lipinski definition) is 2. The Hall–Kier alpha value is -0.510. The lowest BCUT2D eigenvalue weighted by atomic mass is 10.3. The van der Waals surface area contributed by atoms with Crippen molar-refractivity contribution in [2.24, 2.45) is 0 Å². The first-order chi connectivity index (χ1) is 4.79. The van der Waals surface area contributed by atoms with Crippen molar-refractivity contribution in [3.63, 3.8) is 0 Å². The molecule has 0 atom stereocenters. The Morgan fingerprint density at radius 2 is 2.30 bits per heavy atom. The van der Waals surface area contributed by atoms with E-state index in [1.165, 1.54) is 12.8 Å². The van der Waals surface area contributed by atoms with Gasteiger partial charge in [0.2, 0.25) is 0 Å². The third-order valence-corrected chi connectivity index (χ3v) is 2.58. The number of nitrogens with one attached hydrogen (secondary N) is 1. The zero-order valence-electron chi connectivity index (χ0n) is 5.39. The van der Waals surface area contributed by atoms with Gasteiger partial charge in [-0.3, -0.25) is 5.10 Å². The first-order valence-corrected chi connectivity index (χ1v) is 4.07. The van der Waals surface area contributed by atoms with Gasteiger partial charge in [-0.25, -0.2) is 0 Å². The highest BCUT2D eigenvalue weighted by molar-refractivity contribution is 9.10. The monoisotopic (exact) mass is 201 g/mol. The Kier molecular flexibility index (Phi) is 1.23. The molecule has 1 heterocycles. The molecule has 1 aromatic rings. The van der Waals surface area contributed by atoms with Gasteiger partial charge in [-0.05, 0) is 28.8 Å². The normalized spacial score (nSPS) is 17.7. The van der Waals surface area contributed by atoms with E-state index in [-0.39, 0.29) is 0 Å². The molecule has 10 heavy (non-hydrogen) atoms. The van der Waals surface area contributed by atoms with Crippen LogP contribution >= 0.6 is 15.9 Å². The summed E-state index contributed by atoms with van der Waals surface area (Å²) < 4.78 is 0.954. The first kappa shape index (κ1) is 6.22. The second-order valence-corrected chi connectivity index (χ2v) is 3.40. The fourth-order valence-electron chi connectivity index (χ4n) is 0.999. The minimum absolute atomic E-state index is 0.571. The lowest BCUT2D eigenvalue weighted by Gasteiger charge is -1.89. The number of H-pyrrole nitrogens is 1. The number of nitrogen functional groups attached to an aromatic ring is 1. The Bertz CT molecular complexity index is 251. The van der Waals surface area contributed by atoms with Gasteiger partial charge in [0.25, 0.3) is 0 Å². The Labute approximate surface area is 67.1 Å². The van der Waals surface area contributed by atoms with Crippen LogP contribution in [0.3, 0.4) is 0 Å². The maximum absolute atomic E-state index is 5.52. The number of aromatic amines is 1. The van der Waals surface area contributed by atoms with Crippen molar-refractivity contribution in [3.05, 3.63) is 10.2 Å². The molecule has 0 unspecified atom stereocenters. The molecule has 2 rings (SSSR count). The van der Waals surface area contributed by atoms with E-state index in [2.05, 4.69) is 26.1 Å². The molecule has 3 nitrogen and oxygen atoms in total. The molecule has 0 aliphatic heterocycles. The molecule has 1 aliphatic rings. The van der Waals surface area contributed by atoms with E-state index in [9.17, 15) is 0 Å². The fourth-order valence-corrected chi connectivity index (χ4v) is 1.50. The summed E-state index contributed by atoms with van der Waals surface area (Å²) in [6, 6.07) is 0. The van der Waals surface area contributed by atoms with Crippen molar-refractivity contribution in [3.8, 4) is 0 Å². The number of anilines is 1. The topological polar surface area (TPSA) is 54.7 Å². The molecule has 0 spiro atoms. The van der Waals surface area contributed by atoms with Crippen LogP contribution in [0, 0.1) is 0 Å². The predicted octanol–water partition coefficient (Wildman–Crippen LogP) is 1.63. The third kappa shape index (κ3) is 0.831. The first-order valence-electron chi connectivity index (χ1n) is 3.28. The number of nitrogens with two attached hydrogens (primary N) is 1. The minimum atomic E-state index is 0.571. The van der Waals surface area contributed by atoms with Crippen molar-refractivity contribution >= 4 is 21.7 Å². The molecule has 4 heteroatoms. The molecule has 1 aliphatic carbocycles. The molecule has 0 amide bonds. The Morgan fingerprint density at radius 3 is 2.70 bits per heavy atom. The van der Waals surface area contributed by atoms with Crippen LogP contribution in [0.2, 0.25) is 0 Å². The predicted molar refractivity (Wildman–Crippen MR) is 42.7 cm³/mol. The highest BCUT2D eigenvalue weighted by Gasteiger charge is 2.28. The molecule has 1 fully saturated rings. The molecular weight excluding hydrogens is 194 g/mol. The smallest absolute Gasteiger partial charge is 0.159 e. The van der Waals surface area contributed by atoms with Gasteiger partial charge in [-0.2, -0.15) is 5.10 Å². The lowest BCUT2D eigenvalue weighted by Crippen LogP contribution is -1.83. The van der Waals surface area contributed by atoms with Gasteiger partial charge < -0.3 is 5.73 Å². The maximum Gasteiger partial charge on any atom is 0.159 e. The van der Waals surface area contributed by atoms with Crippen LogP contribution in [-0.2, 0) is 0 Å². The van der Waals surface area contributed by atoms with Crippen molar-refractivity contribution in [1.29, 1.82) is 0 Å². The third-order valence-electron chi connectivity index (χ3n) is 1.74. The van der Waals surface area contributed by atoms with E-state index in [4.69, 9.17) is 5.73 Å². The van der Waals surface area contributed by atoms with E-state index in [1.807, 2.05) is 0 Å². The number of nitrogens with zero attached hydrogens (tertiary/aromatic N) is 1. The summed E-state index contributed by atoms with van der Waals surface area (Å²) in [4.78, 5) is 0. The summed E-state index contributed by atoms with van der Waals surface area (Å²) in [5.41, 5.74) is 6.68. The van der Waals surface area contributed by atoms with Gasteiger partial charge in [-0.1, -0.05) is 0 Å². The number of aromatic nitrogens is 2. The van der Waals surface area contributed by atoms with Crippen LogP contribution in [0.15, 0.2) is 4.47 Å². The number of rotatable bonds is 1. The molecule has 0 radical (unpaired) electrons. The van der Waals surface area contributed by atoms with Gasteiger partial charge in [0.15, 0.2) is 5.82 Å². The number of halogens is 1. The Balaban J connectivity index is 2.40. The molecule has 1 aromatic heterocycles. The fraction of sp³-hybridized carbons (Fsp3) is 0.500. The zero-order valence-corrected chi connectivity index (χ0v) is 6.98. The van der Waals surface area contributed by atoms with Crippen molar-refractivity contribution in [2.45, 2.75) is 18.8 Å². The van der Waals surface area contributed by atoms with Crippen LogP contribution in [-0.4, -0.2) is 10.2 Å². The van der Waals surface area contributed by atoms with Gasteiger partial charge in [0, 0.05) is 5.92 Å². The van der Waals surface area contributed by atoms with Crippen LogP contribution in [0.4, 0.5) is 5.82 Å². The van der Waals surface area contributed by atoms with E-state index in [1.54, 1.807) is 0 Å². The van der Waals surface area contributed by atoms with Crippen molar-refractivity contribution < 1.29 is 0 Å². The highest BCUT2D eigenvalue weighted by atomic mass is 79.9. The summed E-state index contributed by atoms with van der Waals surface area (Å²) >= 11 is 3.37. The standard InChI is InChI=1S/C6H8BrN3/c7-4-5(3-1-2-3)9-10-6(4)8/h3H,1-2H2,(H3,8,9,10). The van der Waals surface area contributed by atoms with Crippen molar-refractivity contribution in [2.75, 3.05) is 5.73 Å². The average molecular weight is 202 g/mol. The van der Waals surface area contributed by atoms with E-state index >= 15 is 0 Å². The minimum Gasteiger partial charge on any atom is -0.381 e. The van der Waals surface area contributed by atoms with Gasteiger partial charge in [0.1, 0.15) is 0 Å². The van der Waals surface area contributed by atoms with Crippen molar-refractivity contribution in [1.82, 2.24) is 10.2 Å². The summed E-state index contributed by atoms with van der Waals surface area (Å²) in [6.45, 7) is 0. The summed E-state index contributed by atoms with van der Waals surface area (Å²) in [6.07, 6.45) is 2.53.